The zero-order valence-corrected chi connectivity index (χ0v) is 25.0. The molecular formula is C34H37F3N2O5. The van der Waals surface area contributed by atoms with Crippen molar-refractivity contribution in [2.45, 2.75) is 45.3 Å². The van der Waals surface area contributed by atoms with Gasteiger partial charge in [0.1, 0.15) is 18.1 Å². The molecule has 2 fully saturated rings. The SMILES string of the molecule is CCOC(=O)[C@H](Cc1ccc(OCCN[C@H]2C3CN(C(=O)c4cc(F)c(F)c(F)c4)C[C@@H]32)cc1)Oc1ccc(C(C)C)cc1. The molecule has 2 aliphatic rings. The number of fused-ring (bicyclic) bond motifs is 1. The highest BCUT2D eigenvalue weighted by Gasteiger charge is 2.56. The van der Waals surface area contributed by atoms with E-state index in [2.05, 4.69) is 19.2 Å². The van der Waals surface area contributed by atoms with Crippen molar-refractivity contribution in [2.24, 2.45) is 11.8 Å². The van der Waals surface area contributed by atoms with Crippen LogP contribution in [0.3, 0.4) is 0 Å². The number of rotatable bonds is 13. The predicted molar refractivity (Wildman–Crippen MR) is 158 cm³/mol. The Bertz CT molecular complexity index is 1430. The smallest absolute Gasteiger partial charge is 0.347 e. The first kappa shape index (κ1) is 31.4. The fraction of sp³-hybridized carbons (Fsp3) is 0.412. The molecule has 1 saturated carbocycles. The van der Waals surface area contributed by atoms with Crippen LogP contribution in [-0.4, -0.2) is 61.8 Å². The number of likely N-dealkylation sites (tertiary alicyclic amines) is 1. The molecule has 3 aromatic rings. The molecule has 1 N–H and O–H groups in total. The van der Waals surface area contributed by atoms with Gasteiger partial charge in [0.2, 0.25) is 0 Å². The van der Waals surface area contributed by atoms with E-state index < -0.39 is 35.4 Å². The van der Waals surface area contributed by atoms with Gasteiger partial charge in [-0.2, -0.15) is 0 Å². The lowest BCUT2D eigenvalue weighted by Crippen LogP contribution is -2.36. The van der Waals surface area contributed by atoms with E-state index in [4.69, 9.17) is 14.2 Å². The number of amides is 1. The minimum absolute atomic E-state index is 0.188. The fourth-order valence-electron chi connectivity index (χ4n) is 5.69. The number of carbonyl (C=O) groups is 2. The lowest BCUT2D eigenvalue weighted by molar-refractivity contribution is -0.151. The molecule has 1 aliphatic heterocycles. The summed E-state index contributed by atoms with van der Waals surface area (Å²) in [6.45, 7) is 8.26. The molecule has 5 rings (SSSR count). The Hall–Kier alpha value is -4.05. The molecule has 234 valence electrons. The monoisotopic (exact) mass is 610 g/mol. The van der Waals surface area contributed by atoms with Gasteiger partial charge in [0.25, 0.3) is 5.91 Å². The molecule has 0 aromatic heterocycles. The average molecular weight is 611 g/mol. The molecule has 0 radical (unpaired) electrons. The van der Waals surface area contributed by atoms with Gasteiger partial charge in [-0.1, -0.05) is 38.1 Å². The number of hydrogen-bond acceptors (Lipinski definition) is 6. The Morgan fingerprint density at radius 2 is 1.55 bits per heavy atom. The molecule has 0 bridgehead atoms. The van der Waals surface area contributed by atoms with Crippen LogP contribution < -0.4 is 14.8 Å². The largest absolute Gasteiger partial charge is 0.492 e. The molecular weight excluding hydrogens is 573 g/mol. The third kappa shape index (κ3) is 7.35. The van der Waals surface area contributed by atoms with Crippen molar-refractivity contribution in [1.82, 2.24) is 10.2 Å². The zero-order chi connectivity index (χ0) is 31.4. The van der Waals surface area contributed by atoms with Crippen molar-refractivity contribution >= 4 is 11.9 Å². The van der Waals surface area contributed by atoms with Crippen LogP contribution in [0.1, 0.15) is 48.2 Å². The van der Waals surface area contributed by atoms with Crippen LogP contribution in [0.5, 0.6) is 11.5 Å². The van der Waals surface area contributed by atoms with E-state index in [9.17, 15) is 22.8 Å². The molecule has 1 amide bonds. The summed E-state index contributed by atoms with van der Waals surface area (Å²) in [5.74, 6) is -3.01. The highest BCUT2D eigenvalue weighted by Crippen LogP contribution is 2.45. The minimum Gasteiger partial charge on any atom is -0.492 e. The summed E-state index contributed by atoms with van der Waals surface area (Å²) in [6.07, 6.45) is -0.431. The van der Waals surface area contributed by atoms with Crippen LogP contribution in [0.15, 0.2) is 60.7 Å². The van der Waals surface area contributed by atoms with E-state index in [1.165, 1.54) is 5.56 Å². The van der Waals surface area contributed by atoms with Crippen molar-refractivity contribution in [1.29, 1.82) is 0 Å². The van der Waals surface area contributed by atoms with Crippen LogP contribution in [0, 0.1) is 29.3 Å². The maximum absolute atomic E-state index is 13.5. The number of benzene rings is 3. The Kier molecular flexibility index (Phi) is 9.78. The summed E-state index contributed by atoms with van der Waals surface area (Å²) < 4.78 is 57.4. The van der Waals surface area contributed by atoms with Gasteiger partial charge in [0.15, 0.2) is 23.6 Å². The topological polar surface area (TPSA) is 77.1 Å². The molecule has 1 heterocycles. The number of esters is 1. The summed E-state index contributed by atoms with van der Waals surface area (Å²) in [7, 11) is 0. The number of hydrogen-bond donors (Lipinski definition) is 1. The summed E-state index contributed by atoms with van der Waals surface area (Å²) in [5.41, 5.74) is 1.91. The van der Waals surface area contributed by atoms with Gasteiger partial charge < -0.3 is 24.4 Å². The molecule has 3 aromatic carbocycles. The summed E-state index contributed by atoms with van der Waals surface area (Å²) >= 11 is 0. The Morgan fingerprint density at radius 3 is 2.14 bits per heavy atom. The van der Waals surface area contributed by atoms with Crippen LogP contribution in [-0.2, 0) is 16.0 Å². The number of carbonyl (C=O) groups excluding carboxylic acids is 2. The first-order valence-corrected chi connectivity index (χ1v) is 15.0. The fourth-order valence-corrected chi connectivity index (χ4v) is 5.69. The first-order chi connectivity index (χ1) is 21.1. The highest BCUT2D eigenvalue weighted by atomic mass is 19.2. The third-order valence-corrected chi connectivity index (χ3v) is 8.18. The van der Waals surface area contributed by atoms with Crippen LogP contribution in [0.25, 0.3) is 0 Å². The van der Waals surface area contributed by atoms with Crippen molar-refractivity contribution in [2.75, 3.05) is 32.8 Å². The highest BCUT2D eigenvalue weighted by molar-refractivity contribution is 5.94. The second kappa shape index (κ2) is 13.7. The summed E-state index contributed by atoms with van der Waals surface area (Å²) in [5, 5.41) is 3.45. The quantitative estimate of drug-likeness (QED) is 0.156. The molecule has 4 atom stereocenters. The van der Waals surface area contributed by atoms with E-state index in [0.29, 0.717) is 50.1 Å². The standard InChI is InChI=1S/C34H37F3N2O5/c1-4-42-34(41)30(44-25-11-7-22(8-12-25)20(2)3)15-21-5-9-24(10-6-21)43-14-13-38-32-26-18-39(19-27(26)32)33(40)23-16-28(35)31(37)29(36)17-23/h5-12,16-17,20,26-27,30,32,38H,4,13-15,18-19H2,1-3H3/t26-,27?,30-,32+/m0/s1. The number of halogens is 3. The van der Waals surface area contributed by atoms with Crippen molar-refractivity contribution < 1.29 is 37.0 Å². The van der Waals surface area contributed by atoms with Crippen molar-refractivity contribution in [3.8, 4) is 11.5 Å². The van der Waals surface area contributed by atoms with Gasteiger partial charge in [-0.15, -0.1) is 0 Å². The summed E-state index contributed by atoms with van der Waals surface area (Å²) in [4.78, 5) is 26.8. The minimum atomic E-state index is -1.58. The molecule has 1 unspecified atom stereocenters. The Labute approximate surface area is 255 Å². The summed E-state index contributed by atoms with van der Waals surface area (Å²) in [6, 6.07) is 17.0. The normalized spacial score (nSPS) is 19.4. The van der Waals surface area contributed by atoms with Crippen LogP contribution in [0.4, 0.5) is 13.2 Å². The molecule has 1 saturated heterocycles. The van der Waals surface area contributed by atoms with Gasteiger partial charge in [-0.3, -0.25) is 4.79 Å². The van der Waals surface area contributed by atoms with E-state index in [1.54, 1.807) is 11.8 Å². The van der Waals surface area contributed by atoms with Crippen LogP contribution in [0.2, 0.25) is 0 Å². The zero-order valence-electron chi connectivity index (χ0n) is 25.0. The number of nitrogens with one attached hydrogen (secondary N) is 1. The van der Waals surface area contributed by atoms with Crippen molar-refractivity contribution in [3.05, 3.63) is 94.8 Å². The van der Waals surface area contributed by atoms with Gasteiger partial charge in [0.05, 0.1) is 6.61 Å². The second-order valence-corrected chi connectivity index (χ2v) is 11.6. The van der Waals surface area contributed by atoms with Gasteiger partial charge in [0, 0.05) is 37.7 Å². The van der Waals surface area contributed by atoms with Gasteiger partial charge in [-0.05, 0) is 72.2 Å². The third-order valence-electron chi connectivity index (χ3n) is 8.18. The number of nitrogens with zero attached hydrogens (tertiary/aromatic N) is 1. The first-order valence-electron chi connectivity index (χ1n) is 15.0. The predicted octanol–water partition coefficient (Wildman–Crippen LogP) is 5.52. The maximum Gasteiger partial charge on any atom is 0.347 e. The number of ether oxygens (including phenoxy) is 3. The average Bonchev–Trinajstić information content (AvgIpc) is 3.45. The van der Waals surface area contributed by atoms with Gasteiger partial charge >= 0.3 is 5.97 Å². The van der Waals surface area contributed by atoms with E-state index >= 15 is 0 Å². The van der Waals surface area contributed by atoms with E-state index in [1.807, 2.05) is 48.5 Å². The molecule has 1 aliphatic carbocycles. The Balaban J connectivity index is 1.05. The maximum atomic E-state index is 13.5. The molecule has 44 heavy (non-hydrogen) atoms. The molecule has 10 heteroatoms. The Morgan fingerprint density at radius 1 is 0.932 bits per heavy atom. The second-order valence-electron chi connectivity index (χ2n) is 11.6. The van der Waals surface area contributed by atoms with Crippen molar-refractivity contribution in [3.63, 3.8) is 0 Å². The molecule has 7 nitrogen and oxygen atoms in total. The van der Waals surface area contributed by atoms with E-state index in [-0.39, 0.29) is 30.0 Å². The van der Waals surface area contributed by atoms with Crippen LogP contribution >= 0.6 is 0 Å². The lowest BCUT2D eigenvalue weighted by Gasteiger charge is -2.20. The van der Waals surface area contributed by atoms with E-state index in [0.717, 1.165) is 17.7 Å². The molecule has 0 spiro atoms. The van der Waals surface area contributed by atoms with Gasteiger partial charge in [-0.25, -0.2) is 18.0 Å². The lowest BCUT2D eigenvalue weighted by atomic mass is 10.0. The number of piperidine rings is 1.